The van der Waals surface area contributed by atoms with Gasteiger partial charge in [0.05, 0.1) is 4.47 Å². The summed E-state index contributed by atoms with van der Waals surface area (Å²) in [7, 11) is 0. The van der Waals surface area contributed by atoms with E-state index < -0.39 is 5.82 Å². The van der Waals surface area contributed by atoms with Gasteiger partial charge in [-0.1, -0.05) is 18.2 Å². The molecule has 0 aromatic heterocycles. The minimum absolute atomic E-state index is 0.278. The average molecular weight is 349 g/mol. The van der Waals surface area contributed by atoms with E-state index in [1.807, 2.05) is 6.07 Å². The largest absolute Gasteiger partial charge is 0.348 e. The Morgan fingerprint density at radius 2 is 2.00 bits per heavy atom. The minimum Gasteiger partial charge on any atom is -0.348 e. The van der Waals surface area contributed by atoms with Crippen molar-refractivity contribution in [2.24, 2.45) is 0 Å². The number of amides is 1. The fraction of sp³-hybridized carbons (Fsp3) is 0.188. The third kappa shape index (κ3) is 3.14. The molecule has 0 unspecified atom stereocenters. The topological polar surface area (TPSA) is 41.1 Å². The lowest BCUT2D eigenvalue weighted by atomic mass is 10.1. The lowest BCUT2D eigenvalue weighted by Gasteiger charge is -2.07. The van der Waals surface area contributed by atoms with Crippen LogP contribution in [-0.2, 0) is 19.6 Å². The van der Waals surface area contributed by atoms with Crippen molar-refractivity contribution < 1.29 is 9.18 Å². The van der Waals surface area contributed by atoms with E-state index >= 15 is 0 Å². The molecule has 0 saturated heterocycles. The fourth-order valence-corrected chi connectivity index (χ4v) is 2.63. The zero-order valence-corrected chi connectivity index (χ0v) is 12.8. The van der Waals surface area contributed by atoms with Crippen molar-refractivity contribution in [3.8, 4) is 0 Å². The van der Waals surface area contributed by atoms with Gasteiger partial charge in [-0.25, -0.2) is 4.39 Å². The zero-order chi connectivity index (χ0) is 14.8. The predicted octanol–water partition coefficient (Wildman–Crippen LogP) is 3.12. The average Bonchev–Trinajstić information content (AvgIpc) is 2.95. The summed E-state index contributed by atoms with van der Waals surface area (Å²) in [6.45, 7) is 2.21. The van der Waals surface area contributed by atoms with Gasteiger partial charge in [-0.15, -0.1) is 0 Å². The van der Waals surface area contributed by atoms with E-state index in [0.29, 0.717) is 16.6 Å². The summed E-state index contributed by atoms with van der Waals surface area (Å²) in [6.07, 6.45) is 0. The minimum atomic E-state index is -0.439. The summed E-state index contributed by atoms with van der Waals surface area (Å²) in [5.74, 6) is -0.716. The molecule has 0 spiro atoms. The molecule has 0 atom stereocenters. The summed E-state index contributed by atoms with van der Waals surface area (Å²) in [5.41, 5.74) is 3.94. The fourth-order valence-electron chi connectivity index (χ4n) is 2.38. The zero-order valence-electron chi connectivity index (χ0n) is 11.2. The van der Waals surface area contributed by atoms with Gasteiger partial charge >= 0.3 is 0 Å². The van der Waals surface area contributed by atoms with E-state index in [9.17, 15) is 9.18 Å². The van der Waals surface area contributed by atoms with Crippen LogP contribution in [0.25, 0.3) is 0 Å². The normalized spacial score (nSPS) is 13.0. The number of carbonyl (C=O) groups excluding carboxylic acids is 1. The van der Waals surface area contributed by atoms with E-state index in [4.69, 9.17) is 0 Å². The van der Waals surface area contributed by atoms with Crippen LogP contribution >= 0.6 is 15.9 Å². The Morgan fingerprint density at radius 3 is 2.81 bits per heavy atom. The van der Waals surface area contributed by atoms with Gasteiger partial charge < -0.3 is 10.6 Å². The monoisotopic (exact) mass is 348 g/mol. The first-order valence-electron chi connectivity index (χ1n) is 6.68. The number of rotatable bonds is 3. The number of hydrogen-bond acceptors (Lipinski definition) is 2. The molecule has 2 aromatic rings. The molecule has 1 heterocycles. The molecule has 3 rings (SSSR count). The summed E-state index contributed by atoms with van der Waals surface area (Å²) in [5, 5.41) is 6.10. The van der Waals surface area contributed by atoms with Crippen LogP contribution in [0, 0.1) is 5.82 Å². The summed E-state index contributed by atoms with van der Waals surface area (Å²) < 4.78 is 13.8. The molecule has 3 nitrogen and oxygen atoms in total. The van der Waals surface area contributed by atoms with Crippen LogP contribution in [0.1, 0.15) is 27.0 Å². The van der Waals surface area contributed by atoms with Gasteiger partial charge in [0.1, 0.15) is 5.82 Å². The van der Waals surface area contributed by atoms with Gasteiger partial charge in [0.2, 0.25) is 0 Å². The lowest BCUT2D eigenvalue weighted by molar-refractivity contribution is 0.0950. The molecular weight excluding hydrogens is 335 g/mol. The second-order valence-corrected chi connectivity index (χ2v) is 5.87. The van der Waals surface area contributed by atoms with Gasteiger partial charge in [0.25, 0.3) is 5.91 Å². The SMILES string of the molecule is O=C(NCc1ccc2c(c1)CNC2)c1ccc(Br)c(F)c1. The smallest absolute Gasteiger partial charge is 0.251 e. The predicted molar refractivity (Wildman–Crippen MR) is 82.3 cm³/mol. The molecule has 1 aliphatic rings. The lowest BCUT2D eigenvalue weighted by Crippen LogP contribution is -2.23. The highest BCUT2D eigenvalue weighted by molar-refractivity contribution is 9.10. The molecule has 0 radical (unpaired) electrons. The molecule has 5 heteroatoms. The molecule has 21 heavy (non-hydrogen) atoms. The van der Waals surface area contributed by atoms with E-state index in [2.05, 4.69) is 38.7 Å². The van der Waals surface area contributed by atoms with Crippen LogP contribution < -0.4 is 10.6 Å². The van der Waals surface area contributed by atoms with Crippen LogP contribution in [-0.4, -0.2) is 5.91 Å². The molecule has 1 aliphatic heterocycles. The number of halogens is 2. The quantitative estimate of drug-likeness (QED) is 0.894. The van der Waals surface area contributed by atoms with Crippen molar-refractivity contribution in [2.45, 2.75) is 19.6 Å². The van der Waals surface area contributed by atoms with E-state index in [1.165, 1.54) is 23.3 Å². The Morgan fingerprint density at radius 1 is 1.19 bits per heavy atom. The first kappa shape index (κ1) is 14.2. The molecule has 0 aliphatic carbocycles. The number of hydrogen-bond donors (Lipinski definition) is 2. The second kappa shape index (κ2) is 5.95. The maximum Gasteiger partial charge on any atom is 0.251 e. The first-order valence-corrected chi connectivity index (χ1v) is 7.47. The number of nitrogens with one attached hydrogen (secondary N) is 2. The number of carbonyl (C=O) groups is 1. The second-order valence-electron chi connectivity index (χ2n) is 5.02. The van der Waals surface area contributed by atoms with E-state index in [0.717, 1.165) is 18.7 Å². The van der Waals surface area contributed by atoms with Crippen molar-refractivity contribution in [3.63, 3.8) is 0 Å². The van der Waals surface area contributed by atoms with Crippen molar-refractivity contribution in [2.75, 3.05) is 0 Å². The maximum absolute atomic E-state index is 13.4. The molecule has 0 bridgehead atoms. The van der Waals surface area contributed by atoms with Crippen molar-refractivity contribution in [1.82, 2.24) is 10.6 Å². The Kier molecular flexibility index (Phi) is 4.03. The molecule has 108 valence electrons. The first-order chi connectivity index (χ1) is 10.1. The van der Waals surface area contributed by atoms with E-state index in [1.54, 1.807) is 6.07 Å². The van der Waals surface area contributed by atoms with Gasteiger partial charge in [0.15, 0.2) is 0 Å². The van der Waals surface area contributed by atoms with E-state index in [-0.39, 0.29) is 5.91 Å². The van der Waals surface area contributed by atoms with Gasteiger partial charge in [0, 0.05) is 25.2 Å². The Balaban J connectivity index is 1.67. The highest BCUT2D eigenvalue weighted by atomic mass is 79.9. The Bertz CT molecular complexity index is 703. The standard InChI is InChI=1S/C16H14BrFN2O/c17-14-4-3-11(6-15(14)18)16(21)20-7-10-1-2-12-8-19-9-13(12)5-10/h1-6,19H,7-9H2,(H,20,21). The summed E-state index contributed by atoms with van der Waals surface area (Å²) in [6, 6.07) is 10.5. The van der Waals surface area contributed by atoms with Crippen molar-refractivity contribution in [1.29, 1.82) is 0 Å². The third-order valence-electron chi connectivity index (χ3n) is 3.54. The number of benzene rings is 2. The highest BCUT2D eigenvalue weighted by Gasteiger charge is 2.11. The third-order valence-corrected chi connectivity index (χ3v) is 4.18. The van der Waals surface area contributed by atoms with Crippen molar-refractivity contribution in [3.05, 3.63) is 68.9 Å². The molecular formula is C16H14BrFN2O. The molecule has 2 aromatic carbocycles. The molecule has 2 N–H and O–H groups in total. The Hall–Kier alpha value is -1.72. The van der Waals surface area contributed by atoms with Crippen LogP contribution in [0.3, 0.4) is 0 Å². The Labute approximate surface area is 130 Å². The van der Waals surface area contributed by atoms with Gasteiger partial charge in [-0.3, -0.25) is 4.79 Å². The van der Waals surface area contributed by atoms with Gasteiger partial charge in [-0.05, 0) is 50.8 Å². The molecule has 0 fully saturated rings. The maximum atomic E-state index is 13.4. The van der Waals surface area contributed by atoms with Crippen LogP contribution in [0.2, 0.25) is 0 Å². The molecule has 1 amide bonds. The van der Waals surface area contributed by atoms with Crippen molar-refractivity contribution >= 4 is 21.8 Å². The highest BCUT2D eigenvalue weighted by Crippen LogP contribution is 2.18. The summed E-state index contributed by atoms with van der Waals surface area (Å²) >= 11 is 3.07. The van der Waals surface area contributed by atoms with Crippen LogP contribution in [0.15, 0.2) is 40.9 Å². The summed E-state index contributed by atoms with van der Waals surface area (Å²) in [4.78, 5) is 12.0. The molecule has 0 saturated carbocycles. The van der Waals surface area contributed by atoms with Gasteiger partial charge in [-0.2, -0.15) is 0 Å². The van der Waals surface area contributed by atoms with Crippen LogP contribution in [0.5, 0.6) is 0 Å². The van der Waals surface area contributed by atoms with Crippen LogP contribution in [0.4, 0.5) is 4.39 Å². The number of fused-ring (bicyclic) bond motifs is 1.